The molecule has 28 radical (unpaired) electrons. The Labute approximate surface area is 467 Å². The average Bonchev–Trinajstić information content (AvgIpc) is 4.37. The largest absolute Gasteiger partial charge is 0.457 e. The van der Waals surface area contributed by atoms with Gasteiger partial charge in [-0.25, -0.2) is 0 Å². The number of nitrogens with zero attached hydrogens (tertiary/aromatic N) is 2. The zero-order chi connectivity index (χ0) is 54.9. The predicted octanol–water partition coefficient (Wildman–Crippen LogP) is -2.77. The van der Waals surface area contributed by atoms with Gasteiger partial charge in [0.2, 0.25) is 5.96 Å². The third-order valence-corrected chi connectivity index (χ3v) is 16.0. The third-order valence-electron chi connectivity index (χ3n) is 16.0. The van der Waals surface area contributed by atoms with Gasteiger partial charge in [0.05, 0.1) is 16.4 Å². The third kappa shape index (κ3) is 6.35. The quantitative estimate of drug-likeness (QED) is 0.106. The molecule has 0 aliphatic heterocycles. The van der Waals surface area contributed by atoms with E-state index < -0.39 is 5.41 Å². The number of benzene rings is 9. The molecular formula is C58H24B14N4O2. The van der Waals surface area contributed by atoms with Crippen LogP contribution in [0.25, 0.3) is 87.9 Å². The van der Waals surface area contributed by atoms with E-state index in [2.05, 4.69) is 91.0 Å². The summed E-state index contributed by atoms with van der Waals surface area (Å²) in [5.41, 5.74) is 21.4. The van der Waals surface area contributed by atoms with Gasteiger partial charge in [0.1, 0.15) is 132 Å². The van der Waals surface area contributed by atoms with Crippen LogP contribution in [0, 0.1) is 12.3 Å². The van der Waals surface area contributed by atoms with Gasteiger partial charge in [-0.05, 0) is 51.9 Å². The fourth-order valence-corrected chi connectivity index (χ4v) is 12.3. The van der Waals surface area contributed by atoms with Gasteiger partial charge in [0.25, 0.3) is 0 Å². The van der Waals surface area contributed by atoms with Crippen LogP contribution in [-0.4, -0.2) is 126 Å². The number of nitrogens with two attached hydrogens (primary N) is 1. The normalized spacial score (nSPS) is 13.2. The van der Waals surface area contributed by atoms with Gasteiger partial charge in [-0.3, -0.25) is 9.98 Å². The van der Waals surface area contributed by atoms with Crippen LogP contribution in [0.4, 0.5) is 0 Å². The van der Waals surface area contributed by atoms with Crippen LogP contribution in [-0.2, 0) is 5.41 Å². The molecule has 1 spiro atoms. The molecular weight excluding hydrogens is 936 g/mol. The summed E-state index contributed by atoms with van der Waals surface area (Å²) in [4.78, 5) is 4.73. The zero-order valence-corrected chi connectivity index (χ0v) is 41.8. The topological polar surface area (TPSA) is 93.4 Å². The first-order chi connectivity index (χ1) is 37.3. The maximum Gasteiger partial charge on any atom is 0.207 e. The second-order valence-electron chi connectivity index (χ2n) is 19.8. The van der Waals surface area contributed by atoms with Crippen LogP contribution in [0.2, 0.25) is 0 Å². The molecule has 0 saturated heterocycles. The van der Waals surface area contributed by atoms with Crippen molar-refractivity contribution in [3.63, 3.8) is 0 Å². The lowest BCUT2D eigenvalue weighted by Gasteiger charge is -2.30. The van der Waals surface area contributed by atoms with Gasteiger partial charge in [0.15, 0.2) is 5.84 Å². The Balaban J connectivity index is 0.000000231. The van der Waals surface area contributed by atoms with Crippen LogP contribution in [0.1, 0.15) is 33.4 Å². The minimum Gasteiger partial charge on any atom is -0.457 e. The standard InChI is InChI=1S/C45H21B7N4O.C13H3B7O/c46-33-30-31-34(47)36(49)37(50)39(52)42(31)57-41(30)38(51)35(48)32(33)43(53)55-44(54)56-28-16-8-4-11-21(28)22-17-18-27-29(40(22)56)23-12-3-7-15-26(23)45(27)24-13-5-1-9-19(24)20-10-2-6-14-25(20)45;1-2-5(14)3-4-7(16)8(17)9(18)11(20)13(4)21-12(3)10(19)6(2)15/h1-18H,(H3,53,54,55);1H3. The summed E-state index contributed by atoms with van der Waals surface area (Å²) < 4.78 is 13.7. The van der Waals surface area contributed by atoms with Crippen molar-refractivity contribution < 1.29 is 8.83 Å². The SMILES string of the molecule is [B]c1c([B])c([B])c2c(oc3c([B])c([B])c(C(=N)N=C(N)n4c5ccccc5c5ccc6c(c54)-c4ccccc4C64c5ccccc5-c5ccccc54)c([B])c32)c1[B].[B]c1c([B])c([B])c2c(oc3c([B])c([B])c(C)c([B])c32)c1[B]. The average molecular weight is 960 g/mol. The van der Waals surface area contributed by atoms with Gasteiger partial charge in [-0.2, -0.15) is 4.99 Å². The molecule has 14 rings (SSSR count). The Morgan fingerprint density at radius 3 is 1.41 bits per heavy atom. The zero-order valence-electron chi connectivity index (χ0n) is 41.8. The van der Waals surface area contributed by atoms with E-state index in [0.29, 0.717) is 43.8 Å². The van der Waals surface area contributed by atoms with Gasteiger partial charge >= 0.3 is 0 Å². The van der Waals surface area contributed by atoms with Crippen molar-refractivity contribution in [1.29, 1.82) is 5.41 Å². The molecule has 330 valence electrons. The van der Waals surface area contributed by atoms with Crippen LogP contribution in [0.3, 0.4) is 0 Å². The monoisotopic (exact) mass is 962 g/mol. The van der Waals surface area contributed by atoms with E-state index in [1.165, 1.54) is 27.8 Å². The first-order valence-electron chi connectivity index (χ1n) is 24.5. The van der Waals surface area contributed by atoms with Gasteiger partial charge in [-0.15, -0.1) is 21.9 Å². The van der Waals surface area contributed by atoms with Crippen LogP contribution in [0.5, 0.6) is 0 Å². The lowest BCUT2D eigenvalue weighted by molar-refractivity contribution is 0.674. The molecule has 2 aliphatic rings. The number of amidine groups is 1. The highest BCUT2D eigenvalue weighted by molar-refractivity contribution is 6.70. The molecule has 6 nitrogen and oxygen atoms in total. The van der Waals surface area contributed by atoms with Gasteiger partial charge < -0.3 is 14.6 Å². The van der Waals surface area contributed by atoms with Crippen LogP contribution < -0.4 is 82.2 Å². The van der Waals surface area contributed by atoms with Gasteiger partial charge in [-0.1, -0.05) is 163 Å². The fourth-order valence-electron chi connectivity index (χ4n) is 12.3. The van der Waals surface area contributed by atoms with E-state index in [-0.39, 0.29) is 99.5 Å². The molecule has 20 heteroatoms. The summed E-state index contributed by atoms with van der Waals surface area (Å²) in [6, 6.07) is 38.3. The van der Waals surface area contributed by atoms with Crippen molar-refractivity contribution in [1.82, 2.24) is 4.57 Å². The summed E-state index contributed by atoms with van der Waals surface area (Å²) in [6.07, 6.45) is 0. The molecule has 0 fully saturated rings. The van der Waals surface area contributed by atoms with Crippen molar-refractivity contribution in [3.8, 4) is 22.3 Å². The fraction of sp³-hybridized carbons (Fsp3) is 0.0345. The number of hydrogen-bond donors (Lipinski definition) is 2. The first kappa shape index (κ1) is 50.0. The van der Waals surface area contributed by atoms with E-state index in [9.17, 15) is 5.41 Å². The van der Waals surface area contributed by atoms with Crippen molar-refractivity contribution in [2.24, 2.45) is 10.7 Å². The summed E-state index contributed by atoms with van der Waals surface area (Å²) in [6.45, 7) is 1.76. The number of aromatic nitrogens is 1. The molecule has 0 bridgehead atoms. The molecule has 3 N–H and O–H groups in total. The van der Waals surface area contributed by atoms with E-state index in [4.69, 9.17) is 129 Å². The molecule has 12 aromatic rings. The first-order valence-corrected chi connectivity index (χ1v) is 24.5. The molecule has 0 atom stereocenters. The molecule has 0 unspecified atom stereocenters. The Kier molecular flexibility index (Phi) is 11.2. The smallest absolute Gasteiger partial charge is 0.207 e. The number of para-hydroxylation sites is 1. The predicted molar refractivity (Wildman–Crippen MR) is 337 cm³/mol. The molecule has 3 heterocycles. The van der Waals surface area contributed by atoms with Gasteiger partial charge in [0, 0.05) is 43.4 Å². The molecule has 78 heavy (non-hydrogen) atoms. The molecule has 0 amide bonds. The molecule has 0 saturated carbocycles. The van der Waals surface area contributed by atoms with Crippen molar-refractivity contribution >= 4 is 264 Å². The summed E-state index contributed by atoms with van der Waals surface area (Å²) in [5.74, 6) is -0.296. The molecule has 2 aliphatic carbocycles. The summed E-state index contributed by atoms with van der Waals surface area (Å²) in [7, 11) is 86.9. The lowest BCUT2D eigenvalue weighted by Crippen LogP contribution is -2.47. The lowest BCUT2D eigenvalue weighted by atomic mass is 9.64. The van der Waals surface area contributed by atoms with Crippen molar-refractivity contribution in [3.05, 3.63) is 143 Å². The van der Waals surface area contributed by atoms with E-state index >= 15 is 0 Å². The number of furan rings is 2. The van der Waals surface area contributed by atoms with Crippen molar-refractivity contribution in [2.75, 3.05) is 0 Å². The minimum absolute atomic E-state index is 0.0174. The number of nitrogens with one attached hydrogen (secondary N) is 1. The van der Waals surface area contributed by atoms with E-state index in [1.54, 1.807) is 6.92 Å². The second kappa shape index (κ2) is 17.5. The van der Waals surface area contributed by atoms with Crippen LogP contribution >= 0.6 is 0 Å². The Morgan fingerprint density at radius 2 is 0.859 bits per heavy atom. The Morgan fingerprint density at radius 1 is 0.436 bits per heavy atom. The highest BCUT2D eigenvalue weighted by Crippen LogP contribution is 2.64. The Hall–Kier alpha value is -7.57. The van der Waals surface area contributed by atoms with Crippen molar-refractivity contribution in [2.45, 2.75) is 12.3 Å². The highest BCUT2D eigenvalue weighted by Gasteiger charge is 2.52. The van der Waals surface area contributed by atoms with E-state index in [0.717, 1.165) is 38.5 Å². The highest BCUT2D eigenvalue weighted by atomic mass is 16.3. The number of rotatable bonds is 1. The van der Waals surface area contributed by atoms with Crippen LogP contribution in [0.15, 0.2) is 123 Å². The summed E-state index contributed by atoms with van der Waals surface area (Å²) >= 11 is 0. The number of hydrogen-bond acceptors (Lipinski definition) is 3. The Bertz CT molecular complexity index is 4690. The maximum absolute atomic E-state index is 9.40. The second-order valence-corrected chi connectivity index (χ2v) is 19.8. The molecule has 3 aromatic heterocycles. The van der Waals surface area contributed by atoms with E-state index in [1.807, 2.05) is 22.8 Å². The number of aliphatic imine (C=N–C) groups is 1. The minimum atomic E-state index is -0.574. The molecule has 9 aromatic carbocycles. The summed E-state index contributed by atoms with van der Waals surface area (Å²) in [5, 5.41) is 13.0. The number of fused-ring (bicyclic) bond motifs is 20. The maximum atomic E-state index is 9.40.